The summed E-state index contributed by atoms with van der Waals surface area (Å²) in [4.78, 5) is 0. The van der Waals surface area contributed by atoms with E-state index in [1.807, 2.05) is 0 Å². The molecule has 0 aliphatic heterocycles. The molecule has 0 bridgehead atoms. The number of benzene rings is 2. The number of fused-ring (bicyclic) bond motifs is 1. The first-order valence-electron chi connectivity index (χ1n) is 6.41. The molecular weight excluding hydrogens is 206 g/mol. The van der Waals surface area contributed by atoms with Crippen LogP contribution in [-0.4, -0.2) is 0 Å². The second-order valence-electron chi connectivity index (χ2n) is 5.18. The second kappa shape index (κ2) is 5.33. The van der Waals surface area contributed by atoms with Crippen LogP contribution in [0.3, 0.4) is 0 Å². The maximum Gasteiger partial charge on any atom is 0.0295 e. The molecule has 0 spiro atoms. The van der Waals surface area contributed by atoms with Gasteiger partial charge in [0.15, 0.2) is 0 Å². The van der Waals surface area contributed by atoms with Gasteiger partial charge >= 0.3 is 0 Å². The Bertz CT molecular complexity index is 488. The number of rotatable bonds is 4. The van der Waals surface area contributed by atoms with E-state index in [1.165, 1.54) is 22.8 Å². The van der Waals surface area contributed by atoms with Crippen LogP contribution in [0.15, 0.2) is 42.5 Å². The van der Waals surface area contributed by atoms with E-state index in [2.05, 4.69) is 56.3 Å². The minimum atomic E-state index is 0.169. The smallest absolute Gasteiger partial charge is 0.0295 e. The summed E-state index contributed by atoms with van der Waals surface area (Å²) in [6.07, 6.45) is 2.25. The zero-order chi connectivity index (χ0) is 12.3. The quantitative estimate of drug-likeness (QED) is 0.829. The van der Waals surface area contributed by atoms with Crippen LogP contribution in [0.2, 0.25) is 0 Å². The molecule has 0 radical (unpaired) electrons. The molecule has 2 aromatic rings. The van der Waals surface area contributed by atoms with E-state index in [0.717, 1.165) is 12.3 Å². The van der Waals surface area contributed by atoms with E-state index in [9.17, 15) is 0 Å². The lowest BCUT2D eigenvalue weighted by atomic mass is 9.96. The largest absolute Gasteiger partial charge is 0.324 e. The van der Waals surface area contributed by atoms with Crippen LogP contribution in [0, 0.1) is 5.92 Å². The summed E-state index contributed by atoms with van der Waals surface area (Å²) < 4.78 is 0. The van der Waals surface area contributed by atoms with Crippen LogP contribution >= 0.6 is 0 Å². The van der Waals surface area contributed by atoms with Crippen LogP contribution in [0.25, 0.3) is 10.8 Å². The summed E-state index contributed by atoms with van der Waals surface area (Å²) in [6, 6.07) is 15.1. The van der Waals surface area contributed by atoms with Crippen molar-refractivity contribution in [1.82, 2.24) is 0 Å². The zero-order valence-electron chi connectivity index (χ0n) is 10.7. The maximum atomic E-state index is 6.23. The highest BCUT2D eigenvalue weighted by molar-refractivity contribution is 5.83. The van der Waals surface area contributed by atoms with Gasteiger partial charge in [0, 0.05) is 6.04 Å². The molecule has 1 atom stereocenters. The molecule has 0 aliphatic rings. The lowest BCUT2D eigenvalue weighted by Gasteiger charge is -2.14. The molecule has 0 unspecified atom stereocenters. The van der Waals surface area contributed by atoms with Gasteiger partial charge in [-0.1, -0.05) is 50.2 Å². The highest BCUT2D eigenvalue weighted by Gasteiger charge is 2.07. The number of hydrogen-bond acceptors (Lipinski definition) is 1. The molecule has 90 valence electrons. The highest BCUT2D eigenvalue weighted by Crippen LogP contribution is 2.22. The molecule has 0 saturated carbocycles. The van der Waals surface area contributed by atoms with Gasteiger partial charge in [-0.15, -0.1) is 0 Å². The summed E-state index contributed by atoms with van der Waals surface area (Å²) in [5.74, 6) is 0.724. The second-order valence-corrected chi connectivity index (χ2v) is 5.18. The monoisotopic (exact) mass is 227 g/mol. The van der Waals surface area contributed by atoms with Crippen molar-refractivity contribution in [3.63, 3.8) is 0 Å². The fourth-order valence-corrected chi connectivity index (χ4v) is 2.12. The lowest BCUT2D eigenvalue weighted by Crippen LogP contribution is -2.11. The van der Waals surface area contributed by atoms with E-state index in [0.29, 0.717) is 0 Å². The zero-order valence-corrected chi connectivity index (χ0v) is 10.7. The summed E-state index contributed by atoms with van der Waals surface area (Å²) in [5, 5.41) is 2.57. The molecule has 1 heteroatoms. The van der Waals surface area contributed by atoms with E-state index in [4.69, 9.17) is 5.73 Å². The topological polar surface area (TPSA) is 26.0 Å². The van der Waals surface area contributed by atoms with Crippen LogP contribution < -0.4 is 5.73 Å². The molecule has 2 aromatic carbocycles. The predicted molar refractivity (Wildman–Crippen MR) is 74.9 cm³/mol. The van der Waals surface area contributed by atoms with Gasteiger partial charge in [-0.3, -0.25) is 0 Å². The molecule has 0 heterocycles. The van der Waals surface area contributed by atoms with E-state index in [-0.39, 0.29) is 6.04 Å². The first kappa shape index (κ1) is 12.1. The Hall–Kier alpha value is -1.34. The maximum absolute atomic E-state index is 6.23. The van der Waals surface area contributed by atoms with Crippen molar-refractivity contribution in [2.75, 3.05) is 0 Å². The number of hydrogen-bond donors (Lipinski definition) is 1. The first-order valence-corrected chi connectivity index (χ1v) is 6.41. The normalized spacial score (nSPS) is 13.2. The Balaban J connectivity index is 2.18. The Labute approximate surface area is 104 Å². The summed E-state index contributed by atoms with van der Waals surface area (Å²) in [7, 11) is 0. The van der Waals surface area contributed by atoms with E-state index < -0.39 is 0 Å². The minimum absolute atomic E-state index is 0.169. The Morgan fingerprint density at radius 1 is 0.941 bits per heavy atom. The van der Waals surface area contributed by atoms with Gasteiger partial charge in [-0.2, -0.15) is 0 Å². The van der Waals surface area contributed by atoms with Gasteiger partial charge in [0.1, 0.15) is 0 Å². The highest BCUT2D eigenvalue weighted by atomic mass is 14.6. The van der Waals surface area contributed by atoms with Gasteiger partial charge in [-0.25, -0.2) is 0 Å². The van der Waals surface area contributed by atoms with Crippen molar-refractivity contribution in [1.29, 1.82) is 0 Å². The summed E-state index contributed by atoms with van der Waals surface area (Å²) in [5.41, 5.74) is 7.49. The fourth-order valence-electron chi connectivity index (χ4n) is 2.12. The summed E-state index contributed by atoms with van der Waals surface area (Å²) >= 11 is 0. The van der Waals surface area contributed by atoms with Crippen LogP contribution in [-0.2, 0) is 0 Å². The average Bonchev–Trinajstić information content (AvgIpc) is 2.35. The molecule has 0 aromatic heterocycles. The van der Waals surface area contributed by atoms with E-state index in [1.54, 1.807) is 0 Å². The van der Waals surface area contributed by atoms with Gasteiger partial charge in [-0.05, 0) is 41.2 Å². The van der Waals surface area contributed by atoms with Crippen molar-refractivity contribution in [3.8, 4) is 0 Å². The molecule has 2 rings (SSSR count). The van der Waals surface area contributed by atoms with Gasteiger partial charge in [0.05, 0.1) is 0 Å². The van der Waals surface area contributed by atoms with Crippen molar-refractivity contribution in [2.24, 2.45) is 11.7 Å². The van der Waals surface area contributed by atoms with E-state index >= 15 is 0 Å². The number of nitrogens with two attached hydrogens (primary N) is 1. The molecule has 1 nitrogen and oxygen atoms in total. The fraction of sp³-hybridized carbons (Fsp3) is 0.375. The standard InChI is InChI=1S/C16H21N/c1-12(2)7-10-16(17)15-9-8-13-5-3-4-6-14(13)11-15/h3-6,8-9,11-12,16H,7,10,17H2,1-2H3/t16-/m0/s1. The third-order valence-electron chi connectivity index (χ3n) is 3.26. The summed E-state index contributed by atoms with van der Waals surface area (Å²) in [6.45, 7) is 4.49. The molecule has 0 fully saturated rings. The Kier molecular flexibility index (Phi) is 3.80. The third kappa shape index (κ3) is 3.07. The molecule has 17 heavy (non-hydrogen) atoms. The third-order valence-corrected chi connectivity index (χ3v) is 3.26. The van der Waals surface area contributed by atoms with Gasteiger partial charge in [0.25, 0.3) is 0 Å². The molecular formula is C16H21N. The van der Waals surface area contributed by atoms with Gasteiger partial charge in [0.2, 0.25) is 0 Å². The van der Waals surface area contributed by atoms with Gasteiger partial charge < -0.3 is 5.73 Å². The first-order chi connectivity index (χ1) is 8.16. The molecule has 0 saturated heterocycles. The molecule has 2 N–H and O–H groups in total. The SMILES string of the molecule is CC(C)CC[C@H](N)c1ccc2ccccc2c1. The predicted octanol–water partition coefficient (Wildman–Crippen LogP) is 4.28. The van der Waals surface area contributed by atoms with Crippen LogP contribution in [0.4, 0.5) is 0 Å². The van der Waals surface area contributed by atoms with Crippen molar-refractivity contribution >= 4 is 10.8 Å². The Morgan fingerprint density at radius 2 is 1.65 bits per heavy atom. The van der Waals surface area contributed by atoms with Crippen LogP contribution in [0.1, 0.15) is 38.3 Å². The van der Waals surface area contributed by atoms with Crippen molar-refractivity contribution in [3.05, 3.63) is 48.0 Å². The average molecular weight is 227 g/mol. The van der Waals surface area contributed by atoms with Crippen molar-refractivity contribution < 1.29 is 0 Å². The molecule has 0 aliphatic carbocycles. The Morgan fingerprint density at radius 3 is 2.35 bits per heavy atom. The van der Waals surface area contributed by atoms with Crippen LogP contribution in [0.5, 0.6) is 0 Å². The van der Waals surface area contributed by atoms with Crippen molar-refractivity contribution in [2.45, 2.75) is 32.7 Å². The lowest BCUT2D eigenvalue weighted by molar-refractivity contribution is 0.507. The minimum Gasteiger partial charge on any atom is -0.324 e. The molecule has 0 amide bonds.